The van der Waals surface area contributed by atoms with E-state index in [0.29, 0.717) is 34.0 Å². The number of hydrogen-bond acceptors (Lipinski definition) is 4. The lowest BCUT2D eigenvalue weighted by Crippen LogP contribution is -2.39. The number of hydrogen-bond donors (Lipinski definition) is 1. The van der Waals surface area contributed by atoms with Crippen LogP contribution in [-0.2, 0) is 4.79 Å². The monoisotopic (exact) mass is 433 g/mol. The molecule has 2 aromatic carbocycles. The molecule has 1 aliphatic carbocycles. The number of carbonyl (C=O) groups excluding carboxylic acids is 1. The van der Waals surface area contributed by atoms with Gasteiger partial charge in [0.1, 0.15) is 5.75 Å². The largest absolute Gasteiger partial charge is 0.497 e. The molecule has 6 heteroatoms. The number of benzene rings is 2. The van der Waals surface area contributed by atoms with Gasteiger partial charge in [-0.1, -0.05) is 45.0 Å². The Morgan fingerprint density at radius 1 is 1.06 bits per heavy atom. The molecule has 0 bridgehead atoms. The van der Waals surface area contributed by atoms with Crippen LogP contribution in [0.2, 0.25) is 0 Å². The van der Waals surface area contributed by atoms with Gasteiger partial charge >= 0.3 is 0 Å². The summed E-state index contributed by atoms with van der Waals surface area (Å²) >= 11 is 0. The maximum Gasteiger partial charge on any atom is 0.280 e. The number of para-hydroxylation sites is 1. The van der Waals surface area contributed by atoms with Crippen molar-refractivity contribution in [3.63, 3.8) is 0 Å². The van der Waals surface area contributed by atoms with Gasteiger partial charge in [-0.3, -0.25) is 15.0 Å². The van der Waals surface area contributed by atoms with E-state index < -0.39 is 0 Å². The van der Waals surface area contributed by atoms with Crippen LogP contribution in [0.25, 0.3) is 22.3 Å². The lowest BCUT2D eigenvalue weighted by molar-refractivity contribution is -0.122. The van der Waals surface area contributed by atoms with E-state index in [-0.39, 0.29) is 22.8 Å². The Labute approximate surface area is 188 Å². The average Bonchev–Trinajstić information content (AvgIpc) is 2.80. The predicted octanol–water partition coefficient (Wildman–Crippen LogP) is 4.99. The average molecular weight is 434 g/mol. The predicted molar refractivity (Wildman–Crippen MR) is 127 cm³/mol. The van der Waals surface area contributed by atoms with Crippen LogP contribution >= 0.6 is 0 Å². The molecule has 1 heterocycles. The van der Waals surface area contributed by atoms with Gasteiger partial charge in [-0.25, -0.2) is 4.98 Å². The van der Waals surface area contributed by atoms with Crippen molar-refractivity contribution in [2.75, 3.05) is 12.5 Å². The topological polar surface area (TPSA) is 73.2 Å². The molecule has 6 nitrogen and oxygen atoms in total. The summed E-state index contributed by atoms with van der Waals surface area (Å²) in [4.78, 5) is 31.3. The number of nitrogens with zero attached hydrogens (tertiary/aromatic N) is 2. The number of ether oxygens (including phenoxy) is 1. The molecule has 1 saturated carbocycles. The van der Waals surface area contributed by atoms with Crippen LogP contribution in [0.5, 0.6) is 5.75 Å². The zero-order chi connectivity index (χ0) is 22.9. The fourth-order valence-corrected chi connectivity index (χ4v) is 4.62. The van der Waals surface area contributed by atoms with Crippen molar-refractivity contribution in [1.29, 1.82) is 0 Å². The summed E-state index contributed by atoms with van der Waals surface area (Å²) in [6.07, 6.45) is 3.71. The Morgan fingerprint density at radius 3 is 2.47 bits per heavy atom. The van der Waals surface area contributed by atoms with Crippen molar-refractivity contribution in [3.8, 4) is 17.1 Å². The van der Waals surface area contributed by atoms with Crippen LogP contribution in [0.15, 0.2) is 53.3 Å². The summed E-state index contributed by atoms with van der Waals surface area (Å²) in [5, 5.41) is 0.468. The van der Waals surface area contributed by atoms with E-state index in [1.165, 1.54) is 4.68 Å². The summed E-state index contributed by atoms with van der Waals surface area (Å²) in [6.45, 7) is 6.79. The van der Waals surface area contributed by atoms with Gasteiger partial charge in [0.15, 0.2) is 5.82 Å². The number of nitrogens with one attached hydrogen (secondary N) is 1. The number of carbonyl (C=O) groups is 1. The van der Waals surface area contributed by atoms with Gasteiger partial charge in [0.25, 0.3) is 5.56 Å². The first-order chi connectivity index (χ1) is 15.3. The molecule has 1 fully saturated rings. The fourth-order valence-electron chi connectivity index (χ4n) is 4.62. The first kappa shape index (κ1) is 22.1. The fraction of sp³-hybridized carbons (Fsp3) is 0.423. The molecule has 1 aliphatic rings. The van der Waals surface area contributed by atoms with E-state index >= 15 is 0 Å². The highest BCUT2D eigenvalue weighted by molar-refractivity contribution is 5.88. The molecular weight excluding hydrogens is 402 g/mol. The Morgan fingerprint density at radius 2 is 1.78 bits per heavy atom. The van der Waals surface area contributed by atoms with Gasteiger partial charge in [0, 0.05) is 11.5 Å². The van der Waals surface area contributed by atoms with Crippen LogP contribution in [0.4, 0.5) is 0 Å². The van der Waals surface area contributed by atoms with E-state index in [1.807, 2.05) is 30.3 Å². The molecule has 0 radical (unpaired) electrons. The van der Waals surface area contributed by atoms with Gasteiger partial charge in [0.05, 0.1) is 18.0 Å². The molecule has 0 atom stereocenters. The molecule has 0 spiro atoms. The lowest BCUT2D eigenvalue weighted by Gasteiger charge is -2.36. The van der Waals surface area contributed by atoms with Gasteiger partial charge < -0.3 is 4.74 Å². The summed E-state index contributed by atoms with van der Waals surface area (Å²) < 4.78 is 6.65. The summed E-state index contributed by atoms with van der Waals surface area (Å²) in [6, 6.07) is 14.5. The van der Waals surface area contributed by atoms with Gasteiger partial charge in [-0.15, -0.1) is 0 Å². The van der Waals surface area contributed by atoms with E-state index in [1.54, 1.807) is 25.3 Å². The molecule has 0 unspecified atom stereocenters. The van der Waals surface area contributed by atoms with Gasteiger partial charge in [-0.2, -0.15) is 4.68 Å². The third-order valence-electron chi connectivity index (χ3n) is 6.65. The van der Waals surface area contributed by atoms with Crippen LogP contribution < -0.4 is 15.7 Å². The van der Waals surface area contributed by atoms with Crippen molar-refractivity contribution >= 4 is 16.8 Å². The first-order valence-corrected chi connectivity index (χ1v) is 11.2. The highest BCUT2D eigenvalue weighted by Gasteiger charge is 2.32. The second kappa shape index (κ2) is 8.77. The van der Waals surface area contributed by atoms with Crippen molar-refractivity contribution in [2.24, 2.45) is 17.3 Å². The Hall–Kier alpha value is -3.15. The maximum atomic E-state index is 13.4. The maximum absolute atomic E-state index is 13.4. The van der Waals surface area contributed by atoms with Crippen molar-refractivity contribution in [1.82, 2.24) is 9.66 Å². The molecule has 168 valence electrons. The number of aromatic nitrogens is 2. The van der Waals surface area contributed by atoms with E-state index in [2.05, 4.69) is 26.2 Å². The standard InChI is InChI=1S/C26H31N3O3/c1-26(2,3)19-14-12-17(13-15-19)24(30)28-29-23(18-8-7-9-20(16-18)32-4)27-22-11-6-5-10-21(22)25(29)31/h5-11,16-17,19H,12-15H2,1-4H3,(H,28,30). The number of fused-ring (bicyclic) bond motifs is 1. The zero-order valence-corrected chi connectivity index (χ0v) is 19.2. The van der Waals surface area contributed by atoms with Gasteiger partial charge in [0.2, 0.25) is 5.91 Å². The van der Waals surface area contributed by atoms with Crippen LogP contribution in [-0.4, -0.2) is 22.7 Å². The van der Waals surface area contributed by atoms with Crippen LogP contribution in [0, 0.1) is 17.3 Å². The van der Waals surface area contributed by atoms with E-state index in [0.717, 1.165) is 25.7 Å². The molecule has 4 rings (SSSR count). The Bertz CT molecular complexity index is 1180. The van der Waals surface area contributed by atoms with E-state index in [4.69, 9.17) is 9.72 Å². The molecule has 0 aliphatic heterocycles. The van der Waals surface area contributed by atoms with Crippen LogP contribution in [0.3, 0.4) is 0 Å². The Kier molecular flexibility index (Phi) is 6.04. The minimum atomic E-state index is -0.287. The molecule has 1 aromatic heterocycles. The number of rotatable bonds is 4. The number of methoxy groups -OCH3 is 1. The molecule has 0 saturated heterocycles. The van der Waals surface area contributed by atoms with Crippen LogP contribution in [0.1, 0.15) is 46.5 Å². The number of amides is 1. The molecule has 32 heavy (non-hydrogen) atoms. The second-order valence-electron chi connectivity index (χ2n) is 9.72. The van der Waals surface area contributed by atoms with Crippen molar-refractivity contribution in [2.45, 2.75) is 46.5 Å². The third kappa shape index (κ3) is 4.40. The SMILES string of the molecule is COc1cccc(-c2nc3ccccc3c(=O)n2NC(=O)C2CCC(C(C)(C)C)CC2)c1. The second-order valence-corrected chi connectivity index (χ2v) is 9.72. The highest BCUT2D eigenvalue weighted by Crippen LogP contribution is 2.39. The molecule has 1 amide bonds. The zero-order valence-electron chi connectivity index (χ0n) is 19.2. The summed E-state index contributed by atoms with van der Waals surface area (Å²) in [5.41, 5.74) is 4.14. The van der Waals surface area contributed by atoms with E-state index in [9.17, 15) is 9.59 Å². The van der Waals surface area contributed by atoms with Crippen molar-refractivity contribution in [3.05, 3.63) is 58.9 Å². The molecule has 1 N–H and O–H groups in total. The normalized spacial score (nSPS) is 19.0. The first-order valence-electron chi connectivity index (χ1n) is 11.2. The van der Waals surface area contributed by atoms with Gasteiger partial charge in [-0.05, 0) is 61.3 Å². The third-order valence-corrected chi connectivity index (χ3v) is 6.65. The Balaban J connectivity index is 1.69. The quantitative estimate of drug-likeness (QED) is 0.629. The lowest BCUT2D eigenvalue weighted by atomic mass is 9.70. The molecule has 3 aromatic rings. The summed E-state index contributed by atoms with van der Waals surface area (Å²) in [5.74, 6) is 1.43. The summed E-state index contributed by atoms with van der Waals surface area (Å²) in [7, 11) is 1.59. The minimum absolute atomic E-state index is 0.106. The van der Waals surface area contributed by atoms with Crippen molar-refractivity contribution < 1.29 is 9.53 Å². The molecular formula is C26H31N3O3. The smallest absolute Gasteiger partial charge is 0.280 e. The highest BCUT2D eigenvalue weighted by atomic mass is 16.5. The minimum Gasteiger partial charge on any atom is -0.497 e.